The Morgan fingerprint density at radius 3 is 1.81 bits per heavy atom. The molecule has 0 aliphatic rings. The van der Waals surface area contributed by atoms with Crippen LogP contribution in [-0.4, -0.2) is 48.7 Å². The maximum Gasteiger partial charge on any atom is 0.323 e. The molecule has 1 rings (SSSR count). The lowest BCUT2D eigenvalue weighted by Crippen LogP contribution is -2.48. The lowest BCUT2D eigenvalue weighted by atomic mass is 9.78. The summed E-state index contributed by atoms with van der Waals surface area (Å²) in [6, 6.07) is 10.2. The molecule has 152 valence electrons. The molecule has 5 nitrogen and oxygen atoms in total. The van der Waals surface area contributed by atoms with Crippen LogP contribution in [0.5, 0.6) is 0 Å². The normalized spacial score (nSPS) is 11.9. The van der Waals surface area contributed by atoms with Gasteiger partial charge in [0, 0.05) is 18.6 Å². The van der Waals surface area contributed by atoms with Gasteiger partial charge in [-0.2, -0.15) is 0 Å². The Kier molecular flexibility index (Phi) is 9.50. The maximum absolute atomic E-state index is 13.0. The van der Waals surface area contributed by atoms with Gasteiger partial charge in [0.1, 0.15) is 0 Å². The second-order valence-corrected chi connectivity index (χ2v) is 7.36. The lowest BCUT2D eigenvalue weighted by molar-refractivity contribution is -0.173. The van der Waals surface area contributed by atoms with Gasteiger partial charge in [0.25, 0.3) is 0 Å². The highest BCUT2D eigenvalue weighted by Crippen LogP contribution is 2.32. The zero-order valence-electron chi connectivity index (χ0n) is 17.7. The number of carbonyl (C=O) groups excluding carboxylic acids is 2. The van der Waals surface area contributed by atoms with Gasteiger partial charge in [-0.25, -0.2) is 0 Å². The summed E-state index contributed by atoms with van der Waals surface area (Å²) >= 11 is 0. The number of ether oxygens (including phenoxy) is 2. The Morgan fingerprint density at radius 1 is 0.926 bits per heavy atom. The summed E-state index contributed by atoms with van der Waals surface area (Å²) < 4.78 is 10.7. The van der Waals surface area contributed by atoms with Crippen molar-refractivity contribution in [2.45, 2.75) is 66.5 Å². The Balaban J connectivity index is 3.27. The molecule has 0 amide bonds. The minimum Gasteiger partial charge on any atom is -0.465 e. The quantitative estimate of drug-likeness (QED) is 0.433. The summed E-state index contributed by atoms with van der Waals surface area (Å²) in [6.07, 6.45) is 0.630. The van der Waals surface area contributed by atoms with E-state index in [9.17, 15) is 9.59 Å². The molecule has 0 bridgehead atoms. The van der Waals surface area contributed by atoms with E-state index in [1.165, 1.54) is 0 Å². The van der Waals surface area contributed by atoms with Gasteiger partial charge in [0.05, 0.1) is 13.2 Å². The van der Waals surface area contributed by atoms with Crippen molar-refractivity contribution in [3.63, 3.8) is 0 Å². The van der Waals surface area contributed by atoms with E-state index in [2.05, 4.69) is 32.6 Å². The molecule has 0 N–H and O–H groups in total. The number of hydrogen-bond donors (Lipinski definition) is 0. The van der Waals surface area contributed by atoms with E-state index in [0.717, 1.165) is 5.56 Å². The first-order valence-corrected chi connectivity index (χ1v) is 9.92. The number of hydrogen-bond acceptors (Lipinski definition) is 5. The molecule has 0 aromatic heterocycles. The molecule has 5 heteroatoms. The van der Waals surface area contributed by atoms with Gasteiger partial charge >= 0.3 is 11.9 Å². The van der Waals surface area contributed by atoms with Crippen LogP contribution < -0.4 is 0 Å². The van der Waals surface area contributed by atoms with Crippen molar-refractivity contribution in [1.82, 2.24) is 4.90 Å². The van der Waals surface area contributed by atoms with Crippen LogP contribution in [0.1, 0.15) is 53.5 Å². The zero-order valence-corrected chi connectivity index (χ0v) is 17.7. The first-order chi connectivity index (χ1) is 12.8. The molecule has 0 saturated heterocycles. The fourth-order valence-electron chi connectivity index (χ4n) is 3.44. The van der Waals surface area contributed by atoms with Crippen molar-refractivity contribution < 1.29 is 19.1 Å². The number of esters is 2. The van der Waals surface area contributed by atoms with Crippen LogP contribution in [0.25, 0.3) is 0 Å². The highest BCUT2D eigenvalue weighted by atomic mass is 16.6. The fourth-order valence-corrected chi connectivity index (χ4v) is 3.44. The molecule has 0 aliphatic carbocycles. The van der Waals surface area contributed by atoms with E-state index in [0.29, 0.717) is 25.0 Å². The highest BCUT2D eigenvalue weighted by Gasteiger charge is 2.49. The third-order valence-corrected chi connectivity index (χ3v) is 4.80. The molecule has 0 spiro atoms. The number of carbonyl (C=O) groups is 2. The van der Waals surface area contributed by atoms with Gasteiger partial charge in [-0.15, -0.1) is 0 Å². The molecule has 27 heavy (non-hydrogen) atoms. The first kappa shape index (κ1) is 23.2. The zero-order chi connectivity index (χ0) is 20.4. The smallest absolute Gasteiger partial charge is 0.323 e. The Morgan fingerprint density at radius 2 is 1.41 bits per heavy atom. The standard InChI is InChI=1S/C22H35NO4/c1-7-26-20(24)22(21(25)27-8-2,16-19-12-10-9-11-13-19)14-15-23(17(3)4)18(5)6/h9-13,17-18H,7-8,14-16H2,1-6H3. The van der Waals surface area contributed by atoms with Crippen LogP contribution in [0.4, 0.5) is 0 Å². The van der Waals surface area contributed by atoms with Crippen molar-refractivity contribution in [2.75, 3.05) is 19.8 Å². The summed E-state index contributed by atoms with van der Waals surface area (Å²) in [4.78, 5) is 28.3. The van der Waals surface area contributed by atoms with Gasteiger partial charge in [-0.1, -0.05) is 30.3 Å². The van der Waals surface area contributed by atoms with Crippen LogP contribution in [0, 0.1) is 5.41 Å². The van der Waals surface area contributed by atoms with Gasteiger partial charge in [-0.3, -0.25) is 14.5 Å². The molecule has 1 aromatic rings. The van der Waals surface area contributed by atoms with Crippen molar-refractivity contribution in [3.05, 3.63) is 35.9 Å². The molecule has 0 heterocycles. The monoisotopic (exact) mass is 377 g/mol. The molecule has 0 unspecified atom stereocenters. The van der Waals surface area contributed by atoms with Gasteiger partial charge < -0.3 is 9.47 Å². The maximum atomic E-state index is 13.0. The lowest BCUT2D eigenvalue weighted by Gasteiger charge is -2.35. The van der Waals surface area contributed by atoms with Gasteiger partial charge in [0.15, 0.2) is 5.41 Å². The Hall–Kier alpha value is -1.88. The molecular weight excluding hydrogens is 342 g/mol. The summed E-state index contributed by atoms with van der Waals surface area (Å²) in [6.45, 7) is 13.1. The minimum absolute atomic E-state index is 0.229. The molecule has 0 fully saturated rings. The van der Waals surface area contributed by atoms with Crippen LogP contribution in [0.3, 0.4) is 0 Å². The van der Waals surface area contributed by atoms with Crippen molar-refractivity contribution in [3.8, 4) is 0 Å². The summed E-state index contributed by atoms with van der Waals surface area (Å²) in [5.41, 5.74) is -0.422. The van der Waals surface area contributed by atoms with E-state index in [4.69, 9.17) is 9.47 Å². The molecule has 0 atom stereocenters. The molecule has 1 aromatic carbocycles. The van der Waals surface area contributed by atoms with Crippen molar-refractivity contribution in [1.29, 1.82) is 0 Å². The van der Waals surface area contributed by atoms with Crippen molar-refractivity contribution in [2.24, 2.45) is 5.41 Å². The average molecular weight is 378 g/mol. The third-order valence-electron chi connectivity index (χ3n) is 4.80. The number of rotatable bonds is 11. The Labute approximate surface area is 164 Å². The fraction of sp³-hybridized carbons (Fsp3) is 0.636. The predicted molar refractivity (Wildman–Crippen MR) is 107 cm³/mol. The second kappa shape index (κ2) is 11.1. The van der Waals surface area contributed by atoms with Crippen LogP contribution >= 0.6 is 0 Å². The summed E-state index contributed by atoms with van der Waals surface area (Å²) in [7, 11) is 0. The van der Waals surface area contributed by atoms with Crippen LogP contribution in [0.2, 0.25) is 0 Å². The molecule has 0 aliphatic heterocycles. The first-order valence-electron chi connectivity index (χ1n) is 9.92. The van der Waals surface area contributed by atoms with E-state index in [-0.39, 0.29) is 19.6 Å². The molecular formula is C22H35NO4. The summed E-state index contributed by atoms with van der Waals surface area (Å²) in [5, 5.41) is 0. The van der Waals surface area contributed by atoms with Crippen LogP contribution in [0.15, 0.2) is 30.3 Å². The van der Waals surface area contributed by atoms with E-state index >= 15 is 0 Å². The minimum atomic E-state index is -1.34. The predicted octanol–water partition coefficient (Wildman–Crippen LogP) is 3.85. The van der Waals surface area contributed by atoms with Crippen LogP contribution in [-0.2, 0) is 25.5 Å². The van der Waals surface area contributed by atoms with Gasteiger partial charge in [-0.05, 0) is 59.9 Å². The number of nitrogens with zero attached hydrogens (tertiary/aromatic N) is 1. The van der Waals surface area contributed by atoms with Crippen molar-refractivity contribution >= 4 is 11.9 Å². The van der Waals surface area contributed by atoms with Gasteiger partial charge in [0.2, 0.25) is 0 Å². The topological polar surface area (TPSA) is 55.8 Å². The largest absolute Gasteiger partial charge is 0.465 e. The Bertz CT molecular complexity index is 557. The second-order valence-electron chi connectivity index (χ2n) is 7.36. The third kappa shape index (κ3) is 6.35. The average Bonchev–Trinajstić information content (AvgIpc) is 2.61. The number of benzene rings is 1. The SMILES string of the molecule is CCOC(=O)C(CCN(C(C)C)C(C)C)(Cc1ccccc1)C(=O)OCC. The molecule has 0 saturated carbocycles. The van der Waals surface area contributed by atoms with E-state index in [1.807, 2.05) is 30.3 Å². The highest BCUT2D eigenvalue weighted by molar-refractivity contribution is 6.00. The van der Waals surface area contributed by atoms with E-state index in [1.54, 1.807) is 13.8 Å². The summed E-state index contributed by atoms with van der Waals surface area (Å²) in [5.74, 6) is -1.00. The molecule has 0 radical (unpaired) electrons. The van der Waals surface area contributed by atoms with E-state index < -0.39 is 17.4 Å².